The molecule has 4 nitrogen and oxygen atoms in total. The van der Waals surface area contributed by atoms with Crippen molar-refractivity contribution >= 4 is 29.1 Å². The van der Waals surface area contributed by atoms with Gasteiger partial charge in [0.05, 0.1) is 10.7 Å². The number of benzene rings is 1. The summed E-state index contributed by atoms with van der Waals surface area (Å²) in [7, 11) is 0. The maximum Gasteiger partial charge on any atom is 0.319 e. The number of Topliss-reactive ketones (excluding diaryl/α,β-unsaturated/α-hetero) is 1. The number of rotatable bonds is 5. The first-order chi connectivity index (χ1) is 10.6. The second-order valence-electron chi connectivity index (χ2n) is 5.49. The van der Waals surface area contributed by atoms with E-state index in [0.717, 1.165) is 19.3 Å². The molecule has 0 fully saturated rings. The molecule has 0 radical (unpaired) electrons. The van der Waals surface area contributed by atoms with Crippen LogP contribution in [0.3, 0.4) is 0 Å². The summed E-state index contributed by atoms with van der Waals surface area (Å²) in [6.45, 7) is 2.08. The van der Waals surface area contributed by atoms with Gasteiger partial charge in [-0.15, -0.1) is 0 Å². The van der Waals surface area contributed by atoms with Crippen LogP contribution in [-0.2, 0) is 0 Å². The Morgan fingerprint density at radius 1 is 1.27 bits per heavy atom. The van der Waals surface area contributed by atoms with Crippen LogP contribution in [0, 0.1) is 0 Å². The molecule has 1 aliphatic rings. The molecule has 0 aromatic heterocycles. The first-order valence-corrected chi connectivity index (χ1v) is 7.97. The topological polar surface area (TPSA) is 58.2 Å². The molecule has 1 aromatic rings. The highest BCUT2D eigenvalue weighted by Crippen LogP contribution is 2.23. The fourth-order valence-electron chi connectivity index (χ4n) is 2.47. The molecule has 0 atom stereocenters. The normalized spacial score (nSPS) is 14.2. The number of anilines is 1. The molecule has 22 heavy (non-hydrogen) atoms. The van der Waals surface area contributed by atoms with Crippen molar-refractivity contribution in [2.75, 3.05) is 11.9 Å². The van der Waals surface area contributed by atoms with Crippen molar-refractivity contribution < 1.29 is 9.59 Å². The van der Waals surface area contributed by atoms with E-state index in [9.17, 15) is 9.59 Å². The quantitative estimate of drug-likeness (QED) is 0.617. The van der Waals surface area contributed by atoms with E-state index in [4.69, 9.17) is 11.6 Å². The predicted molar refractivity (Wildman–Crippen MR) is 89.6 cm³/mol. The van der Waals surface area contributed by atoms with E-state index in [1.807, 2.05) is 0 Å². The number of carbonyl (C=O) groups is 2. The molecule has 2 N–H and O–H groups in total. The van der Waals surface area contributed by atoms with Crippen molar-refractivity contribution in [1.29, 1.82) is 0 Å². The Hall–Kier alpha value is -1.81. The van der Waals surface area contributed by atoms with Crippen molar-refractivity contribution in [3.8, 4) is 0 Å². The SMILES string of the molecule is CC(=O)c1ccc(Cl)c(NC(=O)NCCC2=CCCCC2)c1. The van der Waals surface area contributed by atoms with E-state index in [2.05, 4.69) is 16.7 Å². The van der Waals surface area contributed by atoms with E-state index < -0.39 is 0 Å². The zero-order valence-electron chi connectivity index (χ0n) is 12.7. The van der Waals surface area contributed by atoms with Crippen LogP contribution in [-0.4, -0.2) is 18.4 Å². The maximum absolute atomic E-state index is 11.9. The number of amides is 2. The number of nitrogens with one attached hydrogen (secondary N) is 2. The lowest BCUT2D eigenvalue weighted by molar-refractivity contribution is 0.101. The van der Waals surface area contributed by atoms with Crippen LogP contribution >= 0.6 is 11.6 Å². The van der Waals surface area contributed by atoms with Gasteiger partial charge in [0.25, 0.3) is 0 Å². The van der Waals surface area contributed by atoms with Crippen LogP contribution in [0.25, 0.3) is 0 Å². The van der Waals surface area contributed by atoms with E-state index in [0.29, 0.717) is 22.8 Å². The Kier molecular flexibility index (Phi) is 6.01. The van der Waals surface area contributed by atoms with Gasteiger partial charge in [0.15, 0.2) is 5.78 Å². The summed E-state index contributed by atoms with van der Waals surface area (Å²) in [6, 6.07) is 4.54. The molecule has 0 bridgehead atoms. The third-order valence-electron chi connectivity index (χ3n) is 3.74. The van der Waals surface area contributed by atoms with Gasteiger partial charge in [0.2, 0.25) is 0 Å². The fourth-order valence-corrected chi connectivity index (χ4v) is 2.64. The minimum atomic E-state index is -0.306. The van der Waals surface area contributed by atoms with Crippen molar-refractivity contribution in [1.82, 2.24) is 5.32 Å². The van der Waals surface area contributed by atoms with E-state index in [1.54, 1.807) is 18.2 Å². The molecule has 1 aliphatic carbocycles. The van der Waals surface area contributed by atoms with Crippen molar-refractivity contribution in [3.63, 3.8) is 0 Å². The first-order valence-electron chi connectivity index (χ1n) is 7.59. The standard InChI is InChI=1S/C17H21ClN2O2/c1-12(21)14-7-8-15(18)16(11-14)20-17(22)19-10-9-13-5-3-2-4-6-13/h5,7-8,11H,2-4,6,9-10H2,1H3,(H2,19,20,22). The molecule has 2 amide bonds. The third-order valence-corrected chi connectivity index (χ3v) is 4.07. The number of urea groups is 1. The average Bonchev–Trinajstić information content (AvgIpc) is 2.50. The van der Waals surface area contributed by atoms with Gasteiger partial charge in [0, 0.05) is 12.1 Å². The van der Waals surface area contributed by atoms with Gasteiger partial charge in [-0.3, -0.25) is 4.79 Å². The molecule has 0 aliphatic heterocycles. The molecule has 0 saturated heterocycles. The molecule has 5 heteroatoms. The van der Waals surface area contributed by atoms with Crippen LogP contribution in [0.5, 0.6) is 0 Å². The van der Waals surface area contributed by atoms with Gasteiger partial charge in [-0.25, -0.2) is 4.79 Å². The zero-order valence-corrected chi connectivity index (χ0v) is 13.5. The fraction of sp³-hybridized carbons (Fsp3) is 0.412. The summed E-state index contributed by atoms with van der Waals surface area (Å²) < 4.78 is 0. The highest BCUT2D eigenvalue weighted by Gasteiger charge is 2.09. The molecule has 0 heterocycles. The summed E-state index contributed by atoms with van der Waals surface area (Å²) in [5.74, 6) is -0.0654. The van der Waals surface area contributed by atoms with Gasteiger partial charge < -0.3 is 10.6 Å². The molecule has 0 unspecified atom stereocenters. The summed E-state index contributed by atoms with van der Waals surface area (Å²) >= 11 is 6.04. The smallest absolute Gasteiger partial charge is 0.319 e. The Morgan fingerprint density at radius 2 is 2.09 bits per heavy atom. The Labute approximate surface area is 135 Å². The molecule has 0 saturated carbocycles. The van der Waals surface area contributed by atoms with Crippen LogP contribution < -0.4 is 10.6 Å². The highest BCUT2D eigenvalue weighted by atomic mass is 35.5. The van der Waals surface area contributed by atoms with Gasteiger partial charge in [-0.05, 0) is 57.2 Å². The van der Waals surface area contributed by atoms with E-state index in [-0.39, 0.29) is 11.8 Å². The lowest BCUT2D eigenvalue weighted by atomic mass is 9.97. The third kappa shape index (κ3) is 4.88. The van der Waals surface area contributed by atoms with Crippen LogP contribution in [0.1, 0.15) is 49.4 Å². The lowest BCUT2D eigenvalue weighted by Gasteiger charge is -2.13. The molecular weight excluding hydrogens is 300 g/mol. The molecule has 1 aromatic carbocycles. The van der Waals surface area contributed by atoms with E-state index in [1.165, 1.54) is 25.3 Å². The Morgan fingerprint density at radius 3 is 2.77 bits per heavy atom. The molecule has 118 valence electrons. The predicted octanol–water partition coefficient (Wildman–Crippen LogP) is 4.55. The summed E-state index contributed by atoms with van der Waals surface area (Å²) in [6.07, 6.45) is 7.95. The minimum Gasteiger partial charge on any atom is -0.338 e. The van der Waals surface area contributed by atoms with Crippen molar-refractivity contribution in [3.05, 3.63) is 40.4 Å². The molecular formula is C17H21ClN2O2. The number of hydrogen-bond acceptors (Lipinski definition) is 2. The van der Waals surface area contributed by atoms with Crippen LogP contribution in [0.15, 0.2) is 29.8 Å². The molecule has 0 spiro atoms. The Bertz CT molecular complexity index is 596. The van der Waals surface area contributed by atoms with Gasteiger partial charge >= 0.3 is 6.03 Å². The van der Waals surface area contributed by atoms with Gasteiger partial charge in [0.1, 0.15) is 0 Å². The largest absolute Gasteiger partial charge is 0.338 e. The van der Waals surface area contributed by atoms with Gasteiger partial charge in [-0.2, -0.15) is 0 Å². The Balaban J connectivity index is 1.85. The summed E-state index contributed by atoms with van der Waals surface area (Å²) in [5.41, 5.74) is 2.39. The first kappa shape index (κ1) is 16.6. The van der Waals surface area contributed by atoms with Crippen LogP contribution in [0.2, 0.25) is 5.02 Å². The van der Waals surface area contributed by atoms with Crippen molar-refractivity contribution in [2.24, 2.45) is 0 Å². The average molecular weight is 321 g/mol. The van der Waals surface area contributed by atoms with Gasteiger partial charge in [-0.1, -0.05) is 23.3 Å². The summed E-state index contributed by atoms with van der Waals surface area (Å²) in [4.78, 5) is 23.3. The monoisotopic (exact) mass is 320 g/mol. The lowest BCUT2D eigenvalue weighted by Crippen LogP contribution is -2.30. The number of ketones is 1. The zero-order chi connectivity index (χ0) is 15.9. The second kappa shape index (κ2) is 7.99. The summed E-state index contributed by atoms with van der Waals surface area (Å²) in [5, 5.41) is 5.92. The molecule has 2 rings (SSSR count). The second-order valence-corrected chi connectivity index (χ2v) is 5.90. The number of halogens is 1. The minimum absolute atomic E-state index is 0.0654. The number of hydrogen-bond donors (Lipinski definition) is 2. The van der Waals surface area contributed by atoms with Crippen molar-refractivity contribution in [2.45, 2.75) is 39.0 Å². The highest BCUT2D eigenvalue weighted by molar-refractivity contribution is 6.33. The maximum atomic E-state index is 11.9. The van der Waals surface area contributed by atoms with Crippen LogP contribution in [0.4, 0.5) is 10.5 Å². The number of allylic oxidation sites excluding steroid dienone is 1. The number of carbonyl (C=O) groups excluding carboxylic acids is 2. The van der Waals surface area contributed by atoms with E-state index >= 15 is 0 Å².